The minimum absolute atomic E-state index is 0.0367. The quantitative estimate of drug-likeness (QED) is 0.335. The van der Waals surface area contributed by atoms with E-state index in [-0.39, 0.29) is 21.1 Å². The number of non-ortho nitro benzene ring substituents is 1. The van der Waals surface area contributed by atoms with Gasteiger partial charge in [-0.2, -0.15) is 0 Å². The summed E-state index contributed by atoms with van der Waals surface area (Å²) < 4.78 is 2.58. The van der Waals surface area contributed by atoms with E-state index in [4.69, 9.17) is 0 Å². The molecule has 1 aromatic rings. The van der Waals surface area contributed by atoms with Crippen molar-refractivity contribution < 1.29 is 24.9 Å². The zero-order valence-corrected chi connectivity index (χ0v) is 19.0. The van der Waals surface area contributed by atoms with Crippen molar-refractivity contribution in [3.63, 3.8) is 0 Å². The number of hydrogen-bond donors (Lipinski definition) is 0. The fourth-order valence-electron chi connectivity index (χ4n) is 3.86. The second-order valence-corrected chi connectivity index (χ2v) is 13.1. The number of benzene rings is 1. The SMILES string of the molecule is C1CC[CH]([Sn+2][CH]2CCCCC2)CC1.O=C([O-])c1cc([N+](=O)[O-])cc([N+](=O)[O-])c1[O-]. The number of hydrogen-bond acceptors (Lipinski definition) is 7. The van der Waals surface area contributed by atoms with Crippen LogP contribution in [0.2, 0.25) is 7.87 Å². The molecule has 0 spiro atoms. The summed E-state index contributed by atoms with van der Waals surface area (Å²) >= 11 is 0.0367. The molecular weight excluding hydrogens is 487 g/mol. The summed E-state index contributed by atoms with van der Waals surface area (Å²) in [6, 6.07) is 0.819. The van der Waals surface area contributed by atoms with E-state index in [0.717, 1.165) is 0 Å². The third-order valence-electron chi connectivity index (χ3n) is 5.36. The Morgan fingerprint density at radius 2 is 1.34 bits per heavy atom. The van der Waals surface area contributed by atoms with Gasteiger partial charge in [-0.05, 0) is 5.75 Å². The molecule has 0 amide bonds. The van der Waals surface area contributed by atoms with Gasteiger partial charge >= 0.3 is 93.2 Å². The zero-order chi connectivity index (χ0) is 21.4. The molecule has 3 rings (SSSR count). The van der Waals surface area contributed by atoms with E-state index in [1.807, 2.05) is 0 Å². The standard InChI is InChI=1S/C7H4N2O7.2C6H11.Sn/c10-6-4(7(11)12)1-3(8(13)14)2-5(6)9(15)16;2*1-2-4-6-5-3-1;/h1-2,10H,(H,11,12);2*1H,2-6H2;/q;;;+2/p-2. The number of aromatic carboxylic acids is 1. The average Bonchev–Trinajstić information content (AvgIpc) is 2.69. The first kappa shape index (κ1) is 23.4. The number of carbonyl (C=O) groups is 1. The zero-order valence-electron chi connectivity index (χ0n) is 16.1. The third-order valence-corrected chi connectivity index (χ3v) is 11.3. The Balaban J connectivity index is 0.000000211. The number of carboxylic acid groups (broad SMARTS) is 1. The maximum absolute atomic E-state index is 11.1. The van der Waals surface area contributed by atoms with Crippen LogP contribution in [0.1, 0.15) is 74.6 Å². The van der Waals surface area contributed by atoms with Crippen LogP contribution in [0.4, 0.5) is 11.4 Å². The van der Waals surface area contributed by atoms with Crippen molar-refractivity contribution in [1.82, 2.24) is 0 Å². The summed E-state index contributed by atoms with van der Waals surface area (Å²) in [4.78, 5) is 28.9. The second-order valence-electron chi connectivity index (χ2n) is 7.48. The van der Waals surface area contributed by atoms with Gasteiger partial charge in [0.1, 0.15) is 0 Å². The van der Waals surface area contributed by atoms with Gasteiger partial charge in [-0.25, -0.2) is 0 Å². The average molecular weight is 511 g/mol. The van der Waals surface area contributed by atoms with Gasteiger partial charge in [0, 0.05) is 11.6 Å². The minimum Gasteiger partial charge on any atom is -0.867 e. The molecule has 2 aliphatic carbocycles. The van der Waals surface area contributed by atoms with Gasteiger partial charge in [-0.1, -0.05) is 0 Å². The van der Waals surface area contributed by atoms with Crippen LogP contribution in [0.3, 0.4) is 0 Å². The molecule has 0 bridgehead atoms. The van der Waals surface area contributed by atoms with Crippen molar-refractivity contribution in [2.75, 3.05) is 0 Å². The van der Waals surface area contributed by atoms with Crippen LogP contribution in [0.15, 0.2) is 12.1 Å². The predicted octanol–water partition coefficient (Wildman–Crippen LogP) is 3.14. The summed E-state index contributed by atoms with van der Waals surface area (Å²) in [6.07, 6.45) is 15.9. The van der Waals surface area contributed by atoms with Crippen LogP contribution in [0.5, 0.6) is 5.75 Å². The molecule has 156 valence electrons. The molecular formula is C19H24N2O7Sn. The smallest absolute Gasteiger partial charge is 0.276 e. The van der Waals surface area contributed by atoms with Gasteiger partial charge < -0.3 is 15.0 Å². The van der Waals surface area contributed by atoms with Gasteiger partial charge in [0.25, 0.3) is 11.4 Å². The number of nitro benzene ring substituents is 2. The van der Waals surface area contributed by atoms with Crippen molar-refractivity contribution in [2.24, 2.45) is 0 Å². The Morgan fingerprint density at radius 3 is 1.72 bits per heavy atom. The van der Waals surface area contributed by atoms with Crippen LogP contribution in [-0.4, -0.2) is 37.0 Å². The van der Waals surface area contributed by atoms with E-state index in [0.29, 0.717) is 12.1 Å². The first-order valence-corrected chi connectivity index (χ1v) is 13.2. The monoisotopic (exact) mass is 512 g/mol. The summed E-state index contributed by atoms with van der Waals surface area (Å²) in [5.41, 5.74) is -3.14. The molecule has 9 nitrogen and oxygen atoms in total. The van der Waals surface area contributed by atoms with E-state index in [1.165, 1.54) is 7.87 Å². The topological polar surface area (TPSA) is 149 Å². The van der Waals surface area contributed by atoms with Gasteiger partial charge in [-0.15, -0.1) is 0 Å². The van der Waals surface area contributed by atoms with Gasteiger partial charge in [0.15, 0.2) is 0 Å². The predicted molar refractivity (Wildman–Crippen MR) is 103 cm³/mol. The molecule has 2 aliphatic rings. The Morgan fingerprint density at radius 1 is 0.862 bits per heavy atom. The molecule has 0 N–H and O–H groups in total. The summed E-state index contributed by atoms with van der Waals surface area (Å²) in [5, 5.41) is 42.2. The number of carboxylic acids is 1. The Bertz CT molecular complexity index is 693. The molecule has 0 saturated heterocycles. The molecule has 0 aromatic heterocycles. The molecule has 29 heavy (non-hydrogen) atoms. The maximum atomic E-state index is 11.1. The van der Waals surface area contributed by atoms with Crippen LogP contribution in [0, 0.1) is 20.2 Å². The molecule has 0 atom stereocenters. The van der Waals surface area contributed by atoms with E-state index >= 15 is 0 Å². The molecule has 0 heterocycles. The number of carbonyl (C=O) groups excluding carboxylic acids is 1. The maximum Gasteiger partial charge on any atom is 0.276 e. The van der Waals surface area contributed by atoms with Gasteiger partial charge in [0.05, 0.1) is 21.9 Å². The molecule has 0 radical (unpaired) electrons. The molecule has 2 fully saturated rings. The Labute approximate surface area is 179 Å². The van der Waals surface area contributed by atoms with E-state index in [2.05, 4.69) is 0 Å². The van der Waals surface area contributed by atoms with Crippen molar-refractivity contribution >= 4 is 38.5 Å². The first-order chi connectivity index (χ1) is 13.8. The molecule has 0 unspecified atom stereocenters. The van der Waals surface area contributed by atoms with E-state index in [1.54, 1.807) is 64.2 Å². The Kier molecular flexibility index (Phi) is 9.12. The van der Waals surface area contributed by atoms with E-state index in [9.17, 15) is 35.2 Å². The van der Waals surface area contributed by atoms with Crippen LogP contribution in [0.25, 0.3) is 0 Å². The second kappa shape index (κ2) is 11.3. The fourth-order valence-corrected chi connectivity index (χ4v) is 10.00. The molecule has 10 heteroatoms. The van der Waals surface area contributed by atoms with Crippen molar-refractivity contribution in [1.29, 1.82) is 0 Å². The number of nitro groups is 2. The largest absolute Gasteiger partial charge is 0.867 e. The van der Waals surface area contributed by atoms with Crippen LogP contribution >= 0.6 is 0 Å². The fraction of sp³-hybridized carbons (Fsp3) is 0.632. The van der Waals surface area contributed by atoms with Gasteiger partial charge in [-0.3, -0.25) is 20.2 Å². The van der Waals surface area contributed by atoms with Crippen molar-refractivity contribution in [3.8, 4) is 5.75 Å². The molecule has 2 saturated carbocycles. The molecule has 0 aliphatic heterocycles. The van der Waals surface area contributed by atoms with E-state index < -0.39 is 38.5 Å². The summed E-state index contributed by atoms with van der Waals surface area (Å²) in [5.74, 6) is -3.42. The molecule has 1 aromatic carbocycles. The Hall–Kier alpha value is -1.91. The first-order valence-electron chi connectivity index (χ1n) is 9.90. The van der Waals surface area contributed by atoms with Crippen molar-refractivity contribution in [2.45, 2.75) is 72.1 Å². The van der Waals surface area contributed by atoms with Crippen molar-refractivity contribution in [3.05, 3.63) is 37.9 Å². The van der Waals surface area contributed by atoms with Gasteiger partial charge in [0.2, 0.25) is 0 Å². The third kappa shape index (κ3) is 7.13. The summed E-state index contributed by atoms with van der Waals surface area (Å²) in [7, 11) is 0. The van der Waals surface area contributed by atoms with Crippen LogP contribution < -0.4 is 10.2 Å². The number of nitrogens with zero attached hydrogens (tertiary/aromatic N) is 2. The summed E-state index contributed by atoms with van der Waals surface area (Å²) in [6.45, 7) is 0. The number of rotatable bonds is 5. The normalized spacial score (nSPS) is 17.5. The van der Waals surface area contributed by atoms with Crippen LogP contribution in [-0.2, 0) is 0 Å². The minimum atomic E-state index is -2.00.